The van der Waals surface area contributed by atoms with Crippen molar-refractivity contribution >= 4 is 17.5 Å². The standard InChI is InChI=1S/C17H15ClFNO/c18-15-10-12(19)8-9-14(15)17(21)20-16-7-3-5-11-4-1-2-6-13(11)16/h1-2,4,6,8-10,16H,3,5,7H2,(H,20,21). The number of hydrogen-bond donors (Lipinski definition) is 1. The largest absolute Gasteiger partial charge is 0.345 e. The predicted octanol–water partition coefficient (Wildman–Crippen LogP) is 4.29. The Morgan fingerprint density at radius 1 is 1.24 bits per heavy atom. The van der Waals surface area contributed by atoms with E-state index in [-0.39, 0.29) is 17.0 Å². The number of benzene rings is 2. The third kappa shape index (κ3) is 2.93. The Balaban J connectivity index is 1.83. The third-order valence-electron chi connectivity index (χ3n) is 3.85. The minimum Gasteiger partial charge on any atom is -0.345 e. The second kappa shape index (κ2) is 5.86. The molecule has 0 saturated carbocycles. The van der Waals surface area contributed by atoms with E-state index >= 15 is 0 Å². The van der Waals surface area contributed by atoms with Crippen LogP contribution in [0.5, 0.6) is 0 Å². The molecule has 3 rings (SSSR count). The van der Waals surface area contributed by atoms with E-state index in [1.54, 1.807) is 0 Å². The van der Waals surface area contributed by atoms with E-state index in [4.69, 9.17) is 11.6 Å². The number of carbonyl (C=O) groups excluding carboxylic acids is 1. The van der Waals surface area contributed by atoms with Gasteiger partial charge in [0.1, 0.15) is 5.82 Å². The normalized spacial score (nSPS) is 17.1. The molecule has 0 aromatic heterocycles. The number of halogens is 2. The Morgan fingerprint density at radius 3 is 2.86 bits per heavy atom. The van der Waals surface area contributed by atoms with Crippen LogP contribution in [0.25, 0.3) is 0 Å². The Morgan fingerprint density at radius 2 is 2.05 bits per heavy atom. The Labute approximate surface area is 127 Å². The van der Waals surface area contributed by atoms with Crippen LogP contribution in [0.2, 0.25) is 5.02 Å². The first-order valence-electron chi connectivity index (χ1n) is 6.99. The van der Waals surface area contributed by atoms with Crippen LogP contribution in [-0.2, 0) is 6.42 Å². The third-order valence-corrected chi connectivity index (χ3v) is 4.16. The highest BCUT2D eigenvalue weighted by Crippen LogP contribution is 2.30. The second-order valence-electron chi connectivity index (χ2n) is 5.24. The van der Waals surface area contributed by atoms with Crippen molar-refractivity contribution in [2.75, 3.05) is 0 Å². The van der Waals surface area contributed by atoms with Crippen LogP contribution in [0, 0.1) is 5.82 Å². The van der Waals surface area contributed by atoms with Gasteiger partial charge in [0.05, 0.1) is 16.6 Å². The minimum absolute atomic E-state index is 0.0106. The molecule has 1 atom stereocenters. The molecule has 0 spiro atoms. The summed E-state index contributed by atoms with van der Waals surface area (Å²) in [6.45, 7) is 0. The van der Waals surface area contributed by atoms with E-state index in [0.717, 1.165) is 30.9 Å². The number of amides is 1. The van der Waals surface area contributed by atoms with Crippen molar-refractivity contribution in [2.24, 2.45) is 0 Å². The maximum Gasteiger partial charge on any atom is 0.253 e. The fourth-order valence-electron chi connectivity index (χ4n) is 2.81. The summed E-state index contributed by atoms with van der Waals surface area (Å²) in [6, 6.07) is 11.9. The highest BCUT2D eigenvalue weighted by atomic mass is 35.5. The fraction of sp³-hybridized carbons (Fsp3) is 0.235. The zero-order valence-corrected chi connectivity index (χ0v) is 12.2. The Hall–Kier alpha value is -1.87. The molecule has 4 heteroatoms. The molecule has 2 aromatic carbocycles. The van der Waals surface area contributed by atoms with Crippen molar-refractivity contribution in [1.82, 2.24) is 5.32 Å². The maximum absolute atomic E-state index is 13.1. The van der Waals surface area contributed by atoms with Gasteiger partial charge in [-0.2, -0.15) is 0 Å². The molecule has 0 radical (unpaired) electrons. The van der Waals surface area contributed by atoms with Gasteiger partial charge in [-0.25, -0.2) is 4.39 Å². The van der Waals surface area contributed by atoms with Gasteiger partial charge >= 0.3 is 0 Å². The number of carbonyl (C=O) groups is 1. The van der Waals surface area contributed by atoms with Gasteiger partial charge in [0.25, 0.3) is 5.91 Å². The lowest BCUT2D eigenvalue weighted by molar-refractivity contribution is 0.0933. The van der Waals surface area contributed by atoms with Gasteiger partial charge in [0, 0.05) is 0 Å². The summed E-state index contributed by atoms with van der Waals surface area (Å²) in [6.07, 6.45) is 2.99. The average Bonchev–Trinajstić information content (AvgIpc) is 2.47. The lowest BCUT2D eigenvalue weighted by Gasteiger charge is -2.26. The van der Waals surface area contributed by atoms with E-state index in [1.807, 2.05) is 18.2 Å². The molecule has 0 saturated heterocycles. The van der Waals surface area contributed by atoms with Crippen molar-refractivity contribution in [3.8, 4) is 0 Å². The van der Waals surface area contributed by atoms with Crippen molar-refractivity contribution in [3.63, 3.8) is 0 Å². The van der Waals surface area contributed by atoms with Crippen molar-refractivity contribution in [1.29, 1.82) is 0 Å². The number of fused-ring (bicyclic) bond motifs is 1. The van der Waals surface area contributed by atoms with Crippen LogP contribution < -0.4 is 5.32 Å². The van der Waals surface area contributed by atoms with Gasteiger partial charge < -0.3 is 5.32 Å². The summed E-state index contributed by atoms with van der Waals surface area (Å²) in [4.78, 5) is 12.3. The van der Waals surface area contributed by atoms with E-state index in [0.29, 0.717) is 5.56 Å². The quantitative estimate of drug-likeness (QED) is 0.881. The highest BCUT2D eigenvalue weighted by molar-refractivity contribution is 6.33. The molecule has 0 heterocycles. The molecule has 0 bridgehead atoms. The topological polar surface area (TPSA) is 29.1 Å². The zero-order valence-electron chi connectivity index (χ0n) is 11.4. The summed E-state index contributed by atoms with van der Waals surface area (Å²) in [5.41, 5.74) is 2.75. The predicted molar refractivity (Wildman–Crippen MR) is 81.0 cm³/mol. The zero-order chi connectivity index (χ0) is 14.8. The van der Waals surface area contributed by atoms with Gasteiger partial charge in [-0.05, 0) is 48.6 Å². The van der Waals surface area contributed by atoms with Gasteiger partial charge in [0.2, 0.25) is 0 Å². The summed E-state index contributed by atoms with van der Waals surface area (Å²) >= 11 is 5.94. The first kappa shape index (κ1) is 14.1. The van der Waals surface area contributed by atoms with Crippen LogP contribution in [-0.4, -0.2) is 5.91 Å². The first-order valence-corrected chi connectivity index (χ1v) is 7.36. The fourth-order valence-corrected chi connectivity index (χ4v) is 3.07. The van der Waals surface area contributed by atoms with Gasteiger partial charge in [-0.15, -0.1) is 0 Å². The maximum atomic E-state index is 13.1. The van der Waals surface area contributed by atoms with Crippen LogP contribution in [0.15, 0.2) is 42.5 Å². The summed E-state index contributed by atoms with van der Waals surface area (Å²) in [5, 5.41) is 3.14. The van der Waals surface area contributed by atoms with Crippen molar-refractivity contribution < 1.29 is 9.18 Å². The molecule has 1 N–H and O–H groups in total. The molecule has 0 fully saturated rings. The summed E-state index contributed by atoms with van der Waals surface area (Å²) in [5.74, 6) is -0.707. The van der Waals surface area contributed by atoms with Crippen molar-refractivity contribution in [2.45, 2.75) is 25.3 Å². The van der Waals surface area contributed by atoms with E-state index in [1.165, 1.54) is 17.7 Å². The minimum atomic E-state index is -0.445. The lowest BCUT2D eigenvalue weighted by Crippen LogP contribution is -2.31. The van der Waals surface area contributed by atoms with E-state index < -0.39 is 5.82 Å². The number of rotatable bonds is 2. The summed E-state index contributed by atoms with van der Waals surface area (Å²) in [7, 11) is 0. The number of nitrogens with one attached hydrogen (secondary N) is 1. The molecular weight excluding hydrogens is 289 g/mol. The van der Waals surface area contributed by atoms with Crippen LogP contribution >= 0.6 is 11.6 Å². The molecule has 0 aliphatic heterocycles. The van der Waals surface area contributed by atoms with Gasteiger partial charge in [-0.1, -0.05) is 35.9 Å². The monoisotopic (exact) mass is 303 g/mol. The van der Waals surface area contributed by atoms with Crippen molar-refractivity contribution in [3.05, 3.63) is 70.0 Å². The molecule has 2 aromatic rings. The SMILES string of the molecule is O=C(NC1CCCc2ccccc21)c1ccc(F)cc1Cl. The Bertz CT molecular complexity index is 686. The molecule has 1 amide bonds. The molecular formula is C17H15ClFNO. The first-order chi connectivity index (χ1) is 10.1. The van der Waals surface area contributed by atoms with E-state index in [2.05, 4.69) is 11.4 Å². The second-order valence-corrected chi connectivity index (χ2v) is 5.65. The van der Waals surface area contributed by atoms with E-state index in [9.17, 15) is 9.18 Å². The molecule has 1 unspecified atom stereocenters. The van der Waals surface area contributed by atoms with Gasteiger partial charge in [-0.3, -0.25) is 4.79 Å². The molecule has 1 aliphatic carbocycles. The smallest absolute Gasteiger partial charge is 0.253 e. The number of hydrogen-bond acceptors (Lipinski definition) is 1. The molecule has 2 nitrogen and oxygen atoms in total. The van der Waals surface area contributed by atoms with Crippen LogP contribution in [0.4, 0.5) is 4.39 Å². The van der Waals surface area contributed by atoms with Crippen LogP contribution in [0.1, 0.15) is 40.4 Å². The molecule has 108 valence electrons. The lowest BCUT2D eigenvalue weighted by atomic mass is 9.87. The van der Waals surface area contributed by atoms with Crippen LogP contribution in [0.3, 0.4) is 0 Å². The Kier molecular flexibility index (Phi) is 3.93. The van der Waals surface area contributed by atoms with Gasteiger partial charge in [0.15, 0.2) is 0 Å². The number of aryl methyl sites for hydroxylation is 1. The average molecular weight is 304 g/mol. The molecule has 1 aliphatic rings. The molecule has 21 heavy (non-hydrogen) atoms. The summed E-state index contributed by atoms with van der Waals surface area (Å²) < 4.78 is 13.1. The highest BCUT2D eigenvalue weighted by Gasteiger charge is 2.22.